The third-order valence-corrected chi connectivity index (χ3v) is 7.94. The number of hydrogen-bond acceptors (Lipinski definition) is 9. The highest BCUT2D eigenvalue weighted by Crippen LogP contribution is 2.57. The van der Waals surface area contributed by atoms with Gasteiger partial charge in [0.1, 0.15) is 24.3 Å². The van der Waals surface area contributed by atoms with Crippen molar-refractivity contribution in [2.24, 2.45) is 5.41 Å². The van der Waals surface area contributed by atoms with Crippen LogP contribution in [0.5, 0.6) is 5.75 Å². The fourth-order valence-electron chi connectivity index (χ4n) is 3.26. The molecular formula is C19H33BrNO8P. The second-order valence-corrected chi connectivity index (χ2v) is 9.82. The van der Waals surface area contributed by atoms with Gasteiger partial charge in [-0.3, -0.25) is 9.55 Å². The van der Waals surface area contributed by atoms with Crippen LogP contribution in [0.1, 0.15) is 38.1 Å². The van der Waals surface area contributed by atoms with E-state index in [4.69, 9.17) is 23.3 Å². The van der Waals surface area contributed by atoms with Gasteiger partial charge < -0.3 is 33.5 Å². The summed E-state index contributed by atoms with van der Waals surface area (Å²) in [6, 6.07) is 0. The van der Waals surface area contributed by atoms with Crippen molar-refractivity contribution in [1.29, 1.82) is 0 Å². The number of ether oxygens (including phenoxy) is 3. The summed E-state index contributed by atoms with van der Waals surface area (Å²) in [5.41, 5.74) is -0.190. The maximum Gasteiger partial charge on any atom is 0.331 e. The molecule has 1 rings (SSSR count). The first-order chi connectivity index (χ1) is 14.1. The molecule has 0 saturated carbocycles. The fraction of sp³-hybridized carbons (Fsp3) is 0.737. The van der Waals surface area contributed by atoms with Gasteiger partial charge >= 0.3 is 7.60 Å². The van der Waals surface area contributed by atoms with E-state index in [1.54, 1.807) is 27.0 Å². The quantitative estimate of drug-likeness (QED) is 0.285. The van der Waals surface area contributed by atoms with Gasteiger partial charge in [-0.15, -0.1) is 0 Å². The number of pyridine rings is 1. The maximum atomic E-state index is 13.4. The number of aliphatic hydroxyl groups excluding tert-OH is 2. The average molecular weight is 514 g/mol. The lowest BCUT2D eigenvalue weighted by Crippen LogP contribution is -2.45. The van der Waals surface area contributed by atoms with Crippen LogP contribution in [0.25, 0.3) is 0 Å². The molecule has 0 fully saturated rings. The first kappa shape index (κ1) is 27.5. The van der Waals surface area contributed by atoms with Gasteiger partial charge in [0.25, 0.3) is 0 Å². The summed E-state index contributed by atoms with van der Waals surface area (Å²) in [5.74, 6) is 0.435. The molecule has 1 aromatic heterocycles. The Morgan fingerprint density at radius 3 is 2.33 bits per heavy atom. The van der Waals surface area contributed by atoms with Gasteiger partial charge in [-0.25, -0.2) is 0 Å². The van der Waals surface area contributed by atoms with Crippen LogP contribution in [0.3, 0.4) is 0 Å². The predicted octanol–water partition coefficient (Wildman–Crippen LogP) is 3.45. The van der Waals surface area contributed by atoms with Crippen LogP contribution in [0.4, 0.5) is 0 Å². The molecule has 0 aliphatic rings. The average Bonchev–Trinajstić information content (AvgIpc) is 2.70. The Hall–Kier alpha value is -0.580. The number of hydrogen-bond donors (Lipinski definition) is 2. The molecule has 0 spiro atoms. The van der Waals surface area contributed by atoms with Crippen LogP contribution in [-0.4, -0.2) is 68.3 Å². The zero-order chi connectivity index (χ0) is 22.9. The second-order valence-electron chi connectivity index (χ2n) is 6.91. The van der Waals surface area contributed by atoms with Crippen LogP contribution in [0.2, 0.25) is 0 Å². The van der Waals surface area contributed by atoms with Crippen LogP contribution >= 0.6 is 23.5 Å². The van der Waals surface area contributed by atoms with Crippen molar-refractivity contribution in [3.05, 3.63) is 21.9 Å². The lowest BCUT2D eigenvalue weighted by molar-refractivity contribution is -0.150. The van der Waals surface area contributed by atoms with E-state index in [1.165, 1.54) is 14.2 Å². The Bertz CT molecular complexity index is 712. The zero-order valence-corrected chi connectivity index (χ0v) is 20.9. The summed E-state index contributed by atoms with van der Waals surface area (Å²) in [4.78, 5) is 4.45. The maximum absolute atomic E-state index is 13.4. The van der Waals surface area contributed by atoms with Gasteiger partial charge in [-0.1, -0.05) is 6.92 Å². The van der Waals surface area contributed by atoms with Gasteiger partial charge in [0.2, 0.25) is 0 Å². The Morgan fingerprint density at radius 1 is 1.27 bits per heavy atom. The van der Waals surface area contributed by atoms with Crippen molar-refractivity contribution in [3.8, 4) is 5.75 Å². The van der Waals surface area contributed by atoms with E-state index in [9.17, 15) is 14.8 Å². The molecule has 30 heavy (non-hydrogen) atoms. The van der Waals surface area contributed by atoms with Gasteiger partial charge in [-0.2, -0.15) is 0 Å². The van der Waals surface area contributed by atoms with Crippen molar-refractivity contribution < 1.29 is 38.0 Å². The van der Waals surface area contributed by atoms with Crippen LogP contribution < -0.4 is 4.74 Å². The van der Waals surface area contributed by atoms with Crippen LogP contribution in [0, 0.1) is 12.3 Å². The van der Waals surface area contributed by atoms with E-state index >= 15 is 0 Å². The summed E-state index contributed by atoms with van der Waals surface area (Å²) in [5, 5.41) is 20.6. The molecule has 11 heteroatoms. The minimum Gasteiger partial charge on any atom is -0.494 e. The van der Waals surface area contributed by atoms with Gasteiger partial charge in [0, 0.05) is 28.8 Å². The van der Waals surface area contributed by atoms with Crippen molar-refractivity contribution >= 4 is 23.5 Å². The molecule has 0 aliphatic carbocycles. The normalized spacial score (nSPS) is 16.2. The summed E-state index contributed by atoms with van der Waals surface area (Å²) in [7, 11) is -0.673. The van der Waals surface area contributed by atoms with Gasteiger partial charge in [-0.05, 0) is 36.7 Å². The lowest BCUT2D eigenvalue weighted by Gasteiger charge is -2.41. The number of halogens is 1. The molecule has 0 aliphatic heterocycles. The van der Waals surface area contributed by atoms with Gasteiger partial charge in [0.05, 0.1) is 39.2 Å². The molecule has 0 radical (unpaired) electrons. The molecule has 1 aromatic rings. The smallest absolute Gasteiger partial charge is 0.331 e. The summed E-state index contributed by atoms with van der Waals surface area (Å²) in [6.07, 6.45) is -0.926. The molecule has 0 amide bonds. The monoisotopic (exact) mass is 513 g/mol. The first-order valence-electron chi connectivity index (χ1n) is 9.60. The third-order valence-electron chi connectivity index (χ3n) is 4.77. The minimum atomic E-state index is -3.63. The van der Waals surface area contributed by atoms with E-state index in [1.807, 2.05) is 6.92 Å². The molecule has 0 aromatic carbocycles. The topological polar surface area (TPSA) is 117 Å². The van der Waals surface area contributed by atoms with Crippen LogP contribution in [-0.2, 0) is 23.1 Å². The van der Waals surface area contributed by atoms with E-state index in [0.29, 0.717) is 11.4 Å². The SMILES string of the molecule is CCOP(=O)(CC(C)(C(O)CO)C(OCOC)c1ncc(Br)c(C)c1OC)OCC. The molecule has 9 nitrogen and oxygen atoms in total. The van der Waals surface area contributed by atoms with Crippen molar-refractivity contribution in [2.75, 3.05) is 47.0 Å². The first-order valence-corrected chi connectivity index (χ1v) is 12.1. The molecule has 0 saturated heterocycles. The molecule has 1 heterocycles. The number of methoxy groups -OCH3 is 2. The lowest BCUT2D eigenvalue weighted by atomic mass is 9.78. The van der Waals surface area contributed by atoms with Crippen molar-refractivity contribution in [2.45, 2.75) is 39.9 Å². The highest BCUT2D eigenvalue weighted by atomic mass is 79.9. The Labute approximate surface area is 186 Å². The molecule has 174 valence electrons. The molecule has 0 bridgehead atoms. The number of nitrogens with zero attached hydrogens (tertiary/aromatic N) is 1. The van der Waals surface area contributed by atoms with E-state index in [0.717, 1.165) is 10.0 Å². The summed E-state index contributed by atoms with van der Waals surface area (Å²) >= 11 is 3.42. The van der Waals surface area contributed by atoms with E-state index < -0.39 is 31.8 Å². The fourth-order valence-corrected chi connectivity index (χ4v) is 5.79. The predicted molar refractivity (Wildman–Crippen MR) is 116 cm³/mol. The Balaban J connectivity index is 3.65. The number of aromatic nitrogens is 1. The second kappa shape index (κ2) is 12.5. The number of rotatable bonds is 14. The van der Waals surface area contributed by atoms with Crippen molar-refractivity contribution in [1.82, 2.24) is 4.98 Å². The summed E-state index contributed by atoms with van der Waals surface area (Å²) in [6.45, 7) is 6.46. The highest BCUT2D eigenvalue weighted by molar-refractivity contribution is 9.10. The molecule has 2 N–H and O–H groups in total. The zero-order valence-electron chi connectivity index (χ0n) is 18.4. The molecular weight excluding hydrogens is 481 g/mol. The Kier molecular flexibility index (Phi) is 11.4. The standard InChI is InChI=1S/C19H33BrNO8P/c1-7-28-30(24,29-8-2)11-19(4,15(23)10-22)18(27-12-25-5)16-17(26-6)13(3)14(20)9-21-16/h9,15,18,22-23H,7-8,10-12H2,1-6H3. The van der Waals surface area contributed by atoms with Gasteiger partial charge in [0.15, 0.2) is 0 Å². The van der Waals surface area contributed by atoms with E-state index in [2.05, 4.69) is 20.9 Å². The largest absolute Gasteiger partial charge is 0.494 e. The molecule has 3 unspecified atom stereocenters. The highest BCUT2D eigenvalue weighted by Gasteiger charge is 2.50. The minimum absolute atomic E-state index is 0.133. The third kappa shape index (κ3) is 6.46. The number of aliphatic hydroxyl groups is 2. The van der Waals surface area contributed by atoms with E-state index in [-0.39, 0.29) is 26.2 Å². The summed E-state index contributed by atoms with van der Waals surface area (Å²) < 4.78 is 41.5. The Morgan fingerprint density at radius 2 is 1.87 bits per heavy atom. The van der Waals surface area contributed by atoms with Crippen molar-refractivity contribution in [3.63, 3.8) is 0 Å². The molecule has 3 atom stereocenters. The van der Waals surface area contributed by atoms with Crippen LogP contribution in [0.15, 0.2) is 10.7 Å².